The van der Waals surface area contributed by atoms with E-state index in [1.54, 1.807) is 0 Å². The van der Waals surface area contributed by atoms with Crippen molar-refractivity contribution >= 4 is 5.91 Å². The van der Waals surface area contributed by atoms with Crippen LogP contribution in [0.15, 0.2) is 24.3 Å². The van der Waals surface area contributed by atoms with Gasteiger partial charge in [-0.2, -0.15) is 0 Å². The first-order valence-corrected chi connectivity index (χ1v) is 6.58. The summed E-state index contributed by atoms with van der Waals surface area (Å²) in [6.45, 7) is 8.09. The molecule has 0 heterocycles. The highest BCUT2D eigenvalue weighted by Crippen LogP contribution is 2.01. The van der Waals surface area contributed by atoms with E-state index in [-0.39, 0.29) is 5.91 Å². The van der Waals surface area contributed by atoms with E-state index in [1.165, 1.54) is 0 Å². The number of hydrogen-bond donors (Lipinski definition) is 0. The van der Waals surface area contributed by atoms with Crippen LogP contribution in [0.1, 0.15) is 19.4 Å². The second kappa shape index (κ2) is 7.88. The van der Waals surface area contributed by atoms with Gasteiger partial charge in [-0.3, -0.25) is 4.79 Å². The molecule has 1 aromatic rings. The topological polar surface area (TPSA) is 23.6 Å². The van der Waals surface area contributed by atoms with E-state index in [2.05, 4.69) is 24.8 Å². The lowest BCUT2D eigenvalue weighted by Crippen LogP contribution is -2.36. The highest BCUT2D eigenvalue weighted by molar-refractivity contribution is 5.78. The molecule has 0 aliphatic heterocycles. The lowest BCUT2D eigenvalue weighted by molar-refractivity contribution is -0.129. The third-order valence-corrected chi connectivity index (χ3v) is 3.21. The predicted octanol–water partition coefficient (Wildman–Crippen LogP) is 1.83. The van der Waals surface area contributed by atoms with Crippen molar-refractivity contribution in [3.05, 3.63) is 35.9 Å². The second-order valence-electron chi connectivity index (χ2n) is 4.43. The van der Waals surface area contributed by atoms with Gasteiger partial charge in [0.1, 0.15) is 0 Å². The van der Waals surface area contributed by atoms with E-state index in [9.17, 15) is 4.79 Å². The van der Waals surface area contributed by atoms with Gasteiger partial charge in [-0.15, -0.1) is 0 Å². The van der Waals surface area contributed by atoms with Crippen LogP contribution < -0.4 is 0 Å². The Balaban J connectivity index is 2.37. The maximum Gasteiger partial charge on any atom is 0.226 e. The van der Waals surface area contributed by atoms with Gasteiger partial charge in [0.2, 0.25) is 5.91 Å². The quantitative estimate of drug-likeness (QED) is 0.734. The Labute approximate surface area is 110 Å². The number of benzene rings is 1. The molecule has 0 aliphatic carbocycles. The molecule has 3 heteroatoms. The first kappa shape index (κ1) is 14.7. The maximum absolute atomic E-state index is 12.0. The van der Waals surface area contributed by atoms with E-state index in [0.29, 0.717) is 6.42 Å². The highest BCUT2D eigenvalue weighted by Gasteiger charge is 2.10. The third kappa shape index (κ3) is 4.88. The van der Waals surface area contributed by atoms with Crippen molar-refractivity contribution in [2.45, 2.75) is 20.3 Å². The van der Waals surface area contributed by atoms with Gasteiger partial charge in [-0.1, -0.05) is 38.1 Å². The highest BCUT2D eigenvalue weighted by atomic mass is 16.2. The van der Waals surface area contributed by atoms with E-state index in [1.807, 2.05) is 36.2 Å². The maximum atomic E-state index is 12.0. The number of nitrogens with zero attached hydrogens (tertiary/aromatic N) is 2. The van der Waals surface area contributed by atoms with Gasteiger partial charge in [-0.25, -0.2) is 0 Å². The zero-order valence-electron chi connectivity index (χ0n) is 11.6. The molecule has 18 heavy (non-hydrogen) atoms. The number of carbonyl (C=O) groups excluding carboxylic acids is 1. The standard InChI is InChI=1S/C15H23N2O/c1-4-17(5-2)12-11-16(3)15(18)13-14-9-7-6-8-10-14/h7-10H,4-5,11-13H2,1-3H3. The van der Waals surface area contributed by atoms with Crippen molar-refractivity contribution in [3.8, 4) is 0 Å². The van der Waals surface area contributed by atoms with E-state index >= 15 is 0 Å². The van der Waals surface area contributed by atoms with Crippen molar-refractivity contribution in [1.82, 2.24) is 9.80 Å². The van der Waals surface area contributed by atoms with Crippen LogP contribution in [-0.2, 0) is 11.2 Å². The fourth-order valence-corrected chi connectivity index (χ4v) is 1.80. The third-order valence-electron chi connectivity index (χ3n) is 3.21. The molecule has 0 aromatic heterocycles. The van der Waals surface area contributed by atoms with Crippen LogP contribution in [0.5, 0.6) is 0 Å². The molecule has 0 bridgehead atoms. The fraction of sp³-hybridized carbons (Fsp3) is 0.533. The van der Waals surface area contributed by atoms with Crippen LogP contribution in [0, 0.1) is 6.07 Å². The summed E-state index contributed by atoms with van der Waals surface area (Å²) < 4.78 is 0. The molecule has 0 N–H and O–H groups in total. The molecule has 3 nitrogen and oxygen atoms in total. The molecule has 1 rings (SSSR count). The van der Waals surface area contributed by atoms with Crippen LogP contribution in [0.2, 0.25) is 0 Å². The van der Waals surface area contributed by atoms with Crippen LogP contribution >= 0.6 is 0 Å². The lowest BCUT2D eigenvalue weighted by Gasteiger charge is -2.23. The first-order valence-electron chi connectivity index (χ1n) is 6.58. The molecule has 1 amide bonds. The van der Waals surface area contributed by atoms with Crippen LogP contribution in [0.25, 0.3) is 0 Å². The van der Waals surface area contributed by atoms with Gasteiger partial charge in [0.05, 0.1) is 6.42 Å². The fourth-order valence-electron chi connectivity index (χ4n) is 1.80. The molecular formula is C15H23N2O. The summed E-state index contributed by atoms with van der Waals surface area (Å²) in [6, 6.07) is 10.5. The van der Waals surface area contributed by atoms with Crippen molar-refractivity contribution in [1.29, 1.82) is 0 Å². The molecule has 0 aliphatic rings. The Morgan fingerprint density at radius 3 is 2.33 bits per heavy atom. The predicted molar refractivity (Wildman–Crippen MR) is 74.4 cm³/mol. The molecule has 0 saturated carbocycles. The Bertz CT molecular complexity index is 347. The molecule has 0 unspecified atom stereocenters. The number of hydrogen-bond acceptors (Lipinski definition) is 2. The largest absolute Gasteiger partial charge is 0.344 e. The second-order valence-corrected chi connectivity index (χ2v) is 4.43. The monoisotopic (exact) mass is 247 g/mol. The Hall–Kier alpha value is -1.35. The van der Waals surface area contributed by atoms with Crippen molar-refractivity contribution in [3.63, 3.8) is 0 Å². The zero-order chi connectivity index (χ0) is 13.4. The van der Waals surface area contributed by atoms with E-state index < -0.39 is 0 Å². The summed E-state index contributed by atoms with van der Waals surface area (Å²) in [5, 5.41) is 0. The molecule has 0 saturated heterocycles. The molecule has 99 valence electrons. The van der Waals surface area contributed by atoms with Crippen molar-refractivity contribution in [2.75, 3.05) is 33.2 Å². The number of amides is 1. The summed E-state index contributed by atoms with van der Waals surface area (Å²) >= 11 is 0. The Kier molecular flexibility index (Phi) is 6.44. The smallest absolute Gasteiger partial charge is 0.226 e. The number of carbonyl (C=O) groups is 1. The van der Waals surface area contributed by atoms with Gasteiger partial charge in [0, 0.05) is 20.1 Å². The molecule has 0 fully saturated rings. The Morgan fingerprint density at radius 1 is 1.17 bits per heavy atom. The number of likely N-dealkylation sites (N-methyl/N-ethyl adjacent to an activating group) is 2. The lowest BCUT2D eigenvalue weighted by atomic mass is 10.1. The van der Waals surface area contributed by atoms with Gasteiger partial charge >= 0.3 is 0 Å². The van der Waals surface area contributed by atoms with Crippen LogP contribution in [-0.4, -0.2) is 48.9 Å². The zero-order valence-corrected chi connectivity index (χ0v) is 11.6. The summed E-state index contributed by atoms with van der Waals surface area (Å²) in [4.78, 5) is 16.1. The minimum atomic E-state index is 0.174. The summed E-state index contributed by atoms with van der Waals surface area (Å²) in [7, 11) is 1.88. The van der Waals surface area contributed by atoms with Gasteiger partial charge in [-0.05, 0) is 24.7 Å². The molecule has 0 spiro atoms. The van der Waals surface area contributed by atoms with Crippen molar-refractivity contribution in [2.24, 2.45) is 0 Å². The average molecular weight is 247 g/mol. The van der Waals surface area contributed by atoms with Gasteiger partial charge in [0.15, 0.2) is 0 Å². The minimum absolute atomic E-state index is 0.174. The Morgan fingerprint density at radius 2 is 1.78 bits per heavy atom. The molecular weight excluding hydrogens is 224 g/mol. The summed E-state index contributed by atoms with van der Waals surface area (Å²) in [6.07, 6.45) is 0.476. The van der Waals surface area contributed by atoms with Gasteiger partial charge < -0.3 is 9.80 Å². The summed E-state index contributed by atoms with van der Waals surface area (Å²) in [5.41, 5.74) is 1.05. The molecule has 1 aromatic carbocycles. The summed E-state index contributed by atoms with van der Waals surface area (Å²) in [5.74, 6) is 0.174. The molecule has 1 radical (unpaired) electrons. The average Bonchev–Trinajstić information content (AvgIpc) is 2.40. The number of rotatable bonds is 7. The minimum Gasteiger partial charge on any atom is -0.344 e. The van der Waals surface area contributed by atoms with E-state index in [4.69, 9.17) is 0 Å². The normalized spacial score (nSPS) is 10.7. The SMILES string of the molecule is CCN(CC)CCN(C)C(=O)Cc1cc[c]cc1. The molecule has 0 atom stereocenters. The van der Waals surface area contributed by atoms with Crippen LogP contribution in [0.3, 0.4) is 0 Å². The van der Waals surface area contributed by atoms with Gasteiger partial charge in [0.25, 0.3) is 0 Å². The van der Waals surface area contributed by atoms with E-state index in [0.717, 1.165) is 31.7 Å². The first-order chi connectivity index (χ1) is 8.67. The van der Waals surface area contributed by atoms with Crippen molar-refractivity contribution < 1.29 is 4.79 Å². The van der Waals surface area contributed by atoms with Crippen LogP contribution in [0.4, 0.5) is 0 Å².